The lowest BCUT2D eigenvalue weighted by Gasteiger charge is -2.14. The minimum absolute atomic E-state index is 0.0147. The van der Waals surface area contributed by atoms with E-state index in [0.29, 0.717) is 5.56 Å². The predicted octanol–water partition coefficient (Wildman–Crippen LogP) is 4.91. The lowest BCUT2D eigenvalue weighted by molar-refractivity contribution is 0.0940. The van der Waals surface area contributed by atoms with E-state index in [1.807, 2.05) is 73.0 Å². The van der Waals surface area contributed by atoms with Gasteiger partial charge < -0.3 is 5.32 Å². The van der Waals surface area contributed by atoms with Crippen LogP contribution < -0.4 is 5.32 Å². The van der Waals surface area contributed by atoms with Crippen LogP contribution in [-0.2, 0) is 0 Å². The van der Waals surface area contributed by atoms with Crippen LogP contribution in [0.2, 0.25) is 0 Å². The van der Waals surface area contributed by atoms with Gasteiger partial charge in [-0.15, -0.1) is 11.3 Å². The Hall–Kier alpha value is -2.39. The molecule has 0 aliphatic heterocycles. The van der Waals surface area contributed by atoms with Gasteiger partial charge in [-0.2, -0.15) is 0 Å². The summed E-state index contributed by atoms with van der Waals surface area (Å²) < 4.78 is 0. The van der Waals surface area contributed by atoms with Gasteiger partial charge in [0.2, 0.25) is 0 Å². The minimum Gasteiger partial charge on any atom is -0.346 e. The van der Waals surface area contributed by atoms with Crippen LogP contribution in [0.25, 0.3) is 10.4 Å². The third-order valence-corrected chi connectivity index (χ3v) is 4.50. The van der Waals surface area contributed by atoms with Gasteiger partial charge in [-0.05, 0) is 41.6 Å². The van der Waals surface area contributed by atoms with E-state index >= 15 is 0 Å². The maximum Gasteiger partial charge on any atom is 0.251 e. The zero-order valence-corrected chi connectivity index (χ0v) is 13.1. The van der Waals surface area contributed by atoms with E-state index < -0.39 is 0 Å². The van der Waals surface area contributed by atoms with E-state index in [1.165, 1.54) is 4.88 Å². The third-order valence-electron chi connectivity index (χ3n) is 3.58. The molecule has 0 fully saturated rings. The second kappa shape index (κ2) is 6.58. The quantitative estimate of drug-likeness (QED) is 0.729. The minimum atomic E-state index is -0.0465. The maximum absolute atomic E-state index is 12.4. The van der Waals surface area contributed by atoms with E-state index in [9.17, 15) is 4.79 Å². The summed E-state index contributed by atoms with van der Waals surface area (Å²) in [5.41, 5.74) is 2.87. The van der Waals surface area contributed by atoms with Crippen LogP contribution in [0.3, 0.4) is 0 Å². The number of benzene rings is 2. The van der Waals surface area contributed by atoms with E-state index in [4.69, 9.17) is 0 Å². The summed E-state index contributed by atoms with van der Waals surface area (Å²) in [7, 11) is 0. The largest absolute Gasteiger partial charge is 0.346 e. The number of hydrogen-bond donors (Lipinski definition) is 1. The van der Waals surface area contributed by atoms with Crippen molar-refractivity contribution in [2.75, 3.05) is 0 Å². The molecule has 1 amide bonds. The molecule has 2 nitrogen and oxygen atoms in total. The second-order valence-corrected chi connectivity index (χ2v) is 6.11. The Balaban J connectivity index is 1.77. The number of carbonyl (C=O) groups is 1. The van der Waals surface area contributed by atoms with Gasteiger partial charge in [-0.1, -0.05) is 48.5 Å². The van der Waals surface area contributed by atoms with Gasteiger partial charge in [0.15, 0.2) is 0 Å². The lowest BCUT2D eigenvalue weighted by Crippen LogP contribution is -2.26. The molecule has 0 aliphatic carbocycles. The number of rotatable bonds is 4. The van der Waals surface area contributed by atoms with Crippen molar-refractivity contribution in [3.05, 3.63) is 83.2 Å². The summed E-state index contributed by atoms with van der Waals surface area (Å²) >= 11 is 1.68. The molecule has 1 atom stereocenters. The Labute approximate surface area is 134 Å². The Kier molecular flexibility index (Phi) is 4.35. The van der Waals surface area contributed by atoms with Crippen LogP contribution in [0, 0.1) is 0 Å². The standard InChI is InChI=1S/C19H17NOS/c1-14(15-7-3-2-4-8-15)20-19(21)17-10-5-9-16(13-17)18-11-6-12-22-18/h2-14H,1H3,(H,20,21). The molecule has 3 rings (SSSR count). The molecule has 3 aromatic rings. The number of carbonyl (C=O) groups excluding carboxylic acids is 1. The maximum atomic E-state index is 12.4. The van der Waals surface area contributed by atoms with E-state index in [-0.39, 0.29) is 11.9 Å². The number of thiophene rings is 1. The first kappa shape index (κ1) is 14.5. The van der Waals surface area contributed by atoms with Crippen LogP contribution in [0.15, 0.2) is 72.1 Å². The van der Waals surface area contributed by atoms with Crippen molar-refractivity contribution in [1.82, 2.24) is 5.32 Å². The molecule has 3 heteroatoms. The first-order chi connectivity index (χ1) is 10.7. The zero-order chi connectivity index (χ0) is 15.4. The average molecular weight is 307 g/mol. The van der Waals surface area contributed by atoms with Gasteiger partial charge in [0, 0.05) is 10.4 Å². The third kappa shape index (κ3) is 3.26. The van der Waals surface area contributed by atoms with E-state index in [1.54, 1.807) is 11.3 Å². The van der Waals surface area contributed by atoms with Gasteiger partial charge in [0.05, 0.1) is 6.04 Å². The highest BCUT2D eigenvalue weighted by Gasteiger charge is 2.12. The Morgan fingerprint density at radius 3 is 2.55 bits per heavy atom. The van der Waals surface area contributed by atoms with Crippen molar-refractivity contribution in [3.8, 4) is 10.4 Å². The van der Waals surface area contributed by atoms with E-state index in [2.05, 4.69) is 11.4 Å². The fourth-order valence-corrected chi connectivity index (χ4v) is 3.09. The Morgan fingerprint density at radius 1 is 1.00 bits per heavy atom. The smallest absolute Gasteiger partial charge is 0.251 e. The monoisotopic (exact) mass is 307 g/mol. The average Bonchev–Trinajstić information content (AvgIpc) is 3.10. The fraction of sp³-hybridized carbons (Fsp3) is 0.105. The number of amides is 1. The van der Waals surface area contributed by atoms with Crippen molar-refractivity contribution in [1.29, 1.82) is 0 Å². The summed E-state index contributed by atoms with van der Waals surface area (Å²) in [5.74, 6) is -0.0465. The molecule has 2 aromatic carbocycles. The van der Waals surface area contributed by atoms with Crippen LogP contribution in [0.1, 0.15) is 28.9 Å². The molecule has 1 heterocycles. The van der Waals surface area contributed by atoms with Crippen LogP contribution in [-0.4, -0.2) is 5.91 Å². The first-order valence-electron chi connectivity index (χ1n) is 7.24. The summed E-state index contributed by atoms with van der Waals surface area (Å²) in [5, 5.41) is 5.09. The topological polar surface area (TPSA) is 29.1 Å². The Bertz CT molecular complexity index is 750. The van der Waals surface area contributed by atoms with E-state index in [0.717, 1.165) is 11.1 Å². The summed E-state index contributed by atoms with van der Waals surface area (Å²) in [6.07, 6.45) is 0. The van der Waals surface area contributed by atoms with Gasteiger partial charge in [-0.3, -0.25) is 4.79 Å². The van der Waals surface area contributed by atoms with Crippen molar-refractivity contribution < 1.29 is 4.79 Å². The molecule has 1 unspecified atom stereocenters. The van der Waals surface area contributed by atoms with Crippen molar-refractivity contribution >= 4 is 17.2 Å². The summed E-state index contributed by atoms with van der Waals surface area (Å²) in [6, 6.07) is 21.8. The molecule has 0 aliphatic rings. The molecular weight excluding hydrogens is 290 g/mol. The normalized spacial score (nSPS) is 11.9. The molecule has 1 N–H and O–H groups in total. The SMILES string of the molecule is CC(NC(=O)c1cccc(-c2cccs2)c1)c1ccccc1. The van der Waals surface area contributed by atoms with Crippen LogP contribution in [0.5, 0.6) is 0 Å². The fourth-order valence-electron chi connectivity index (χ4n) is 2.36. The molecule has 0 spiro atoms. The molecular formula is C19H17NOS. The molecule has 0 saturated heterocycles. The predicted molar refractivity (Wildman–Crippen MR) is 92.1 cm³/mol. The van der Waals surface area contributed by atoms with Crippen LogP contribution in [0.4, 0.5) is 0 Å². The van der Waals surface area contributed by atoms with Crippen LogP contribution >= 0.6 is 11.3 Å². The lowest BCUT2D eigenvalue weighted by atomic mass is 10.1. The number of nitrogens with one attached hydrogen (secondary N) is 1. The highest BCUT2D eigenvalue weighted by molar-refractivity contribution is 7.13. The second-order valence-electron chi connectivity index (χ2n) is 5.16. The highest BCUT2D eigenvalue weighted by atomic mass is 32.1. The van der Waals surface area contributed by atoms with Crippen molar-refractivity contribution in [2.24, 2.45) is 0 Å². The Morgan fingerprint density at radius 2 is 1.82 bits per heavy atom. The van der Waals surface area contributed by atoms with Gasteiger partial charge in [0.25, 0.3) is 5.91 Å². The van der Waals surface area contributed by atoms with Gasteiger partial charge in [0.1, 0.15) is 0 Å². The van der Waals surface area contributed by atoms with Crippen molar-refractivity contribution in [3.63, 3.8) is 0 Å². The van der Waals surface area contributed by atoms with Gasteiger partial charge in [-0.25, -0.2) is 0 Å². The molecule has 0 saturated carbocycles. The number of hydrogen-bond acceptors (Lipinski definition) is 2. The highest BCUT2D eigenvalue weighted by Crippen LogP contribution is 2.25. The first-order valence-corrected chi connectivity index (χ1v) is 8.12. The summed E-state index contributed by atoms with van der Waals surface area (Å²) in [4.78, 5) is 13.6. The van der Waals surface area contributed by atoms with Crippen molar-refractivity contribution in [2.45, 2.75) is 13.0 Å². The molecule has 110 valence electrons. The van der Waals surface area contributed by atoms with Gasteiger partial charge >= 0.3 is 0 Å². The zero-order valence-electron chi connectivity index (χ0n) is 12.3. The molecule has 1 aromatic heterocycles. The molecule has 22 heavy (non-hydrogen) atoms. The molecule has 0 bridgehead atoms. The summed E-state index contributed by atoms with van der Waals surface area (Å²) in [6.45, 7) is 2.00. The molecule has 0 radical (unpaired) electrons.